The molecule has 19 heavy (non-hydrogen) atoms. The van der Waals surface area contributed by atoms with Gasteiger partial charge in [-0.15, -0.1) is 22.9 Å². The molecule has 6 heteroatoms. The van der Waals surface area contributed by atoms with E-state index in [1.54, 1.807) is 18.4 Å². The first-order chi connectivity index (χ1) is 9.13. The summed E-state index contributed by atoms with van der Waals surface area (Å²) in [7, 11) is 1.61. The van der Waals surface area contributed by atoms with Gasteiger partial charge in [0.2, 0.25) is 0 Å². The molecule has 1 aromatic heterocycles. The van der Waals surface area contributed by atoms with Crippen molar-refractivity contribution in [3.63, 3.8) is 0 Å². The van der Waals surface area contributed by atoms with Crippen molar-refractivity contribution in [3.8, 4) is 11.5 Å². The summed E-state index contributed by atoms with van der Waals surface area (Å²) in [5.74, 6) is 1.77. The van der Waals surface area contributed by atoms with Crippen molar-refractivity contribution in [3.05, 3.63) is 38.3 Å². The summed E-state index contributed by atoms with van der Waals surface area (Å²) in [6.07, 6.45) is 0. The number of hydrogen-bond donors (Lipinski definition) is 0. The van der Waals surface area contributed by atoms with E-state index in [9.17, 15) is 0 Å². The Bertz CT molecular complexity index is 574. The smallest absolute Gasteiger partial charge is 0.175 e. The largest absolute Gasteiger partial charge is 0.493 e. The third-order valence-corrected chi connectivity index (χ3v) is 4.29. The van der Waals surface area contributed by atoms with Crippen LogP contribution in [0.3, 0.4) is 0 Å². The van der Waals surface area contributed by atoms with Crippen LogP contribution < -0.4 is 9.47 Å². The minimum Gasteiger partial charge on any atom is -0.493 e. The van der Waals surface area contributed by atoms with Crippen LogP contribution in [-0.4, -0.2) is 12.1 Å². The highest BCUT2D eigenvalue weighted by atomic mass is 79.9. The van der Waals surface area contributed by atoms with E-state index in [0.717, 1.165) is 20.7 Å². The lowest BCUT2D eigenvalue weighted by Gasteiger charge is -2.13. The van der Waals surface area contributed by atoms with Gasteiger partial charge in [-0.3, -0.25) is 0 Å². The van der Waals surface area contributed by atoms with Crippen molar-refractivity contribution in [2.24, 2.45) is 0 Å². The minimum absolute atomic E-state index is 0.424. The molecule has 0 spiro atoms. The van der Waals surface area contributed by atoms with Gasteiger partial charge in [-0.05, 0) is 40.5 Å². The standard InChI is InChI=1S/C13H13BrClNO2S/c1-8-7-19-12(16-8)6-18-13-10(14)3-9(5-15)4-11(13)17-2/h3-4,7H,5-6H2,1-2H3. The average Bonchev–Trinajstić information content (AvgIpc) is 2.82. The summed E-state index contributed by atoms with van der Waals surface area (Å²) in [6.45, 7) is 2.39. The molecule has 2 rings (SSSR count). The van der Waals surface area contributed by atoms with Gasteiger partial charge in [-0.2, -0.15) is 0 Å². The summed E-state index contributed by atoms with van der Waals surface area (Å²) >= 11 is 10.9. The number of aromatic nitrogens is 1. The predicted molar refractivity (Wildman–Crippen MR) is 81.4 cm³/mol. The number of aryl methyl sites for hydroxylation is 1. The van der Waals surface area contributed by atoms with Gasteiger partial charge in [0.1, 0.15) is 11.6 Å². The van der Waals surface area contributed by atoms with Crippen LogP contribution in [-0.2, 0) is 12.5 Å². The van der Waals surface area contributed by atoms with Crippen LogP contribution in [0, 0.1) is 6.92 Å². The van der Waals surface area contributed by atoms with Crippen LogP contribution in [0.25, 0.3) is 0 Å². The third kappa shape index (κ3) is 3.61. The first-order valence-corrected chi connectivity index (χ1v) is 7.81. The van der Waals surface area contributed by atoms with Crippen molar-refractivity contribution in [1.29, 1.82) is 0 Å². The van der Waals surface area contributed by atoms with Gasteiger partial charge >= 0.3 is 0 Å². The maximum atomic E-state index is 5.83. The number of rotatable bonds is 5. The van der Waals surface area contributed by atoms with Crippen LogP contribution in [0.1, 0.15) is 16.3 Å². The zero-order valence-electron chi connectivity index (χ0n) is 10.6. The molecule has 3 nitrogen and oxygen atoms in total. The lowest BCUT2D eigenvalue weighted by Crippen LogP contribution is -1.99. The summed E-state index contributed by atoms with van der Waals surface area (Å²) in [4.78, 5) is 4.36. The molecule has 0 saturated carbocycles. The van der Waals surface area contributed by atoms with Crippen molar-refractivity contribution in [2.75, 3.05) is 7.11 Å². The Morgan fingerprint density at radius 2 is 2.21 bits per heavy atom. The van der Waals surface area contributed by atoms with E-state index >= 15 is 0 Å². The van der Waals surface area contributed by atoms with Gasteiger partial charge in [0.15, 0.2) is 11.5 Å². The van der Waals surface area contributed by atoms with Crippen LogP contribution in [0.5, 0.6) is 11.5 Å². The normalized spacial score (nSPS) is 10.5. The number of methoxy groups -OCH3 is 1. The second-order valence-electron chi connectivity index (χ2n) is 3.91. The summed E-state index contributed by atoms with van der Waals surface area (Å²) in [5, 5.41) is 2.94. The summed E-state index contributed by atoms with van der Waals surface area (Å²) < 4.78 is 12.0. The second kappa shape index (κ2) is 6.59. The Morgan fingerprint density at radius 3 is 2.79 bits per heavy atom. The van der Waals surface area contributed by atoms with E-state index < -0.39 is 0 Å². The van der Waals surface area contributed by atoms with E-state index in [1.165, 1.54) is 0 Å². The molecule has 0 unspecified atom stereocenters. The number of thiazole rings is 1. The monoisotopic (exact) mass is 361 g/mol. The SMILES string of the molecule is COc1cc(CCl)cc(Br)c1OCc1nc(C)cs1. The molecule has 0 saturated heterocycles. The highest BCUT2D eigenvalue weighted by molar-refractivity contribution is 9.10. The van der Waals surface area contributed by atoms with Crippen molar-refractivity contribution < 1.29 is 9.47 Å². The van der Waals surface area contributed by atoms with Gasteiger partial charge in [0.25, 0.3) is 0 Å². The molecule has 0 aliphatic carbocycles. The Hall–Kier alpha value is -0.780. The van der Waals surface area contributed by atoms with E-state index in [0.29, 0.717) is 24.0 Å². The molecule has 102 valence electrons. The molecule has 2 aromatic rings. The Balaban J connectivity index is 2.19. The molecular formula is C13H13BrClNO2S. The molecule has 0 atom stereocenters. The number of hydrogen-bond acceptors (Lipinski definition) is 4. The van der Waals surface area contributed by atoms with E-state index in [4.69, 9.17) is 21.1 Å². The van der Waals surface area contributed by atoms with Crippen LogP contribution in [0.4, 0.5) is 0 Å². The fourth-order valence-electron chi connectivity index (χ4n) is 1.59. The molecular weight excluding hydrogens is 350 g/mol. The Morgan fingerprint density at radius 1 is 1.42 bits per heavy atom. The van der Waals surface area contributed by atoms with E-state index in [-0.39, 0.29) is 0 Å². The molecule has 0 amide bonds. The van der Waals surface area contributed by atoms with Crippen LogP contribution in [0.2, 0.25) is 0 Å². The van der Waals surface area contributed by atoms with E-state index in [1.807, 2.05) is 24.4 Å². The minimum atomic E-state index is 0.424. The molecule has 0 bridgehead atoms. The summed E-state index contributed by atoms with van der Waals surface area (Å²) in [6, 6.07) is 3.80. The fraction of sp³-hybridized carbons (Fsp3) is 0.308. The quantitative estimate of drug-likeness (QED) is 0.732. The first-order valence-electron chi connectivity index (χ1n) is 5.60. The molecule has 0 N–H and O–H groups in total. The van der Waals surface area contributed by atoms with Gasteiger partial charge in [0.05, 0.1) is 11.6 Å². The average molecular weight is 363 g/mol. The van der Waals surface area contributed by atoms with Gasteiger partial charge in [-0.1, -0.05) is 0 Å². The molecule has 0 radical (unpaired) electrons. The van der Waals surface area contributed by atoms with Gasteiger partial charge in [-0.25, -0.2) is 4.98 Å². The molecule has 0 fully saturated rings. The maximum Gasteiger partial charge on any atom is 0.175 e. The lowest BCUT2D eigenvalue weighted by molar-refractivity contribution is 0.282. The highest BCUT2D eigenvalue weighted by Crippen LogP contribution is 2.37. The predicted octanol–water partition coefficient (Wildman–Crippen LogP) is 4.54. The Labute approximate surface area is 129 Å². The highest BCUT2D eigenvalue weighted by Gasteiger charge is 2.12. The first kappa shape index (κ1) is 14.6. The fourth-order valence-corrected chi connectivity index (χ4v) is 3.03. The molecule has 0 aliphatic heterocycles. The van der Waals surface area contributed by atoms with Gasteiger partial charge in [0, 0.05) is 17.0 Å². The third-order valence-electron chi connectivity index (χ3n) is 2.45. The van der Waals surface area contributed by atoms with E-state index in [2.05, 4.69) is 20.9 Å². The zero-order chi connectivity index (χ0) is 13.8. The number of halogens is 2. The van der Waals surface area contributed by atoms with Crippen LogP contribution >= 0.6 is 38.9 Å². The molecule has 0 aliphatic rings. The number of ether oxygens (including phenoxy) is 2. The second-order valence-corrected chi connectivity index (χ2v) is 5.98. The number of benzene rings is 1. The summed E-state index contributed by atoms with van der Waals surface area (Å²) in [5.41, 5.74) is 1.98. The number of alkyl halides is 1. The Kier molecular flexibility index (Phi) is 5.07. The lowest BCUT2D eigenvalue weighted by atomic mass is 10.2. The zero-order valence-corrected chi connectivity index (χ0v) is 13.7. The number of nitrogens with zero attached hydrogens (tertiary/aromatic N) is 1. The van der Waals surface area contributed by atoms with Crippen molar-refractivity contribution >= 4 is 38.9 Å². The molecule has 1 aromatic carbocycles. The van der Waals surface area contributed by atoms with Crippen molar-refractivity contribution in [2.45, 2.75) is 19.4 Å². The van der Waals surface area contributed by atoms with Gasteiger partial charge < -0.3 is 9.47 Å². The topological polar surface area (TPSA) is 31.4 Å². The maximum absolute atomic E-state index is 5.83. The van der Waals surface area contributed by atoms with Crippen molar-refractivity contribution in [1.82, 2.24) is 4.98 Å². The van der Waals surface area contributed by atoms with Crippen LogP contribution in [0.15, 0.2) is 22.0 Å². The molecule has 1 heterocycles.